The molecule has 0 saturated carbocycles. The van der Waals surface area contributed by atoms with Crippen molar-refractivity contribution in [1.82, 2.24) is 0 Å². The molecule has 1 rings (SSSR count). The van der Waals surface area contributed by atoms with Gasteiger partial charge in [0.15, 0.2) is 9.84 Å². The van der Waals surface area contributed by atoms with Crippen molar-refractivity contribution in [1.29, 1.82) is 0 Å². The van der Waals surface area contributed by atoms with Gasteiger partial charge in [-0.3, -0.25) is 0 Å². The highest BCUT2D eigenvalue weighted by Gasteiger charge is 2.49. The van der Waals surface area contributed by atoms with E-state index in [2.05, 4.69) is 0 Å². The van der Waals surface area contributed by atoms with Gasteiger partial charge in [0.05, 0.1) is 5.75 Å². The van der Waals surface area contributed by atoms with Crippen LogP contribution >= 0.6 is 0 Å². The molecule has 0 aromatic heterocycles. The second-order valence-corrected chi connectivity index (χ2v) is 4.83. The first-order valence-electron chi connectivity index (χ1n) is 2.92. The highest BCUT2D eigenvalue weighted by Crippen LogP contribution is 2.33. The lowest BCUT2D eigenvalue weighted by molar-refractivity contribution is -0.0111. The molecule has 1 aliphatic heterocycles. The van der Waals surface area contributed by atoms with E-state index in [-0.39, 0.29) is 5.75 Å². The monoisotopic (exact) mass is 170 g/mol. The summed E-state index contributed by atoms with van der Waals surface area (Å²) < 4.78 is 46.1. The normalized spacial score (nSPS) is 36.1. The minimum atomic E-state index is -3.45. The van der Waals surface area contributed by atoms with Gasteiger partial charge in [-0.2, -0.15) is 0 Å². The third-order valence-electron chi connectivity index (χ3n) is 1.64. The fourth-order valence-corrected chi connectivity index (χ4v) is 2.99. The van der Waals surface area contributed by atoms with E-state index in [0.717, 1.165) is 0 Å². The van der Waals surface area contributed by atoms with Crippen molar-refractivity contribution in [2.24, 2.45) is 5.92 Å². The Morgan fingerprint density at radius 2 is 2.00 bits per heavy atom. The third-order valence-corrected chi connectivity index (χ3v) is 3.47. The van der Waals surface area contributed by atoms with Crippen molar-refractivity contribution in [3.8, 4) is 0 Å². The average Bonchev–Trinajstić information content (AvgIpc) is 1.73. The molecule has 0 bridgehead atoms. The Hall–Kier alpha value is -0.190. The molecule has 0 amide bonds. The average molecular weight is 170 g/mol. The minimum absolute atomic E-state index is 0.375. The zero-order valence-electron chi connectivity index (χ0n) is 5.47. The highest BCUT2D eigenvalue weighted by molar-refractivity contribution is 7.91. The summed E-state index contributed by atoms with van der Waals surface area (Å²) >= 11 is 0. The van der Waals surface area contributed by atoms with Crippen LogP contribution in [0.2, 0.25) is 0 Å². The predicted molar refractivity (Wildman–Crippen MR) is 32.8 cm³/mol. The summed E-state index contributed by atoms with van der Waals surface area (Å²) in [7, 11) is -3.45. The van der Waals surface area contributed by atoms with Crippen LogP contribution in [-0.4, -0.2) is 25.8 Å². The maximum Gasteiger partial charge on any atom is 0.265 e. The van der Waals surface area contributed by atoms with E-state index in [1.54, 1.807) is 0 Å². The second-order valence-electron chi connectivity index (χ2n) is 2.72. The fourth-order valence-electron chi connectivity index (χ4n) is 0.997. The molecule has 0 N–H and O–H groups in total. The number of alkyl halides is 2. The zero-order chi connectivity index (χ0) is 7.99. The van der Waals surface area contributed by atoms with E-state index in [1.165, 1.54) is 6.92 Å². The van der Waals surface area contributed by atoms with Crippen molar-refractivity contribution in [3.63, 3.8) is 0 Å². The second kappa shape index (κ2) is 1.90. The molecular formula is C5H8F2O2S. The Kier molecular flexibility index (Phi) is 1.50. The van der Waals surface area contributed by atoms with Crippen molar-refractivity contribution in [3.05, 3.63) is 0 Å². The van der Waals surface area contributed by atoms with Crippen molar-refractivity contribution in [2.75, 3.05) is 11.5 Å². The van der Waals surface area contributed by atoms with Gasteiger partial charge < -0.3 is 0 Å². The smallest absolute Gasteiger partial charge is 0.229 e. The first-order chi connectivity index (χ1) is 4.33. The Morgan fingerprint density at radius 1 is 1.50 bits per heavy atom. The Balaban J connectivity index is 2.92. The number of halogens is 2. The van der Waals surface area contributed by atoms with Gasteiger partial charge in [-0.05, 0) is 0 Å². The van der Waals surface area contributed by atoms with Crippen molar-refractivity contribution in [2.45, 2.75) is 12.8 Å². The molecule has 0 aromatic rings. The Labute approximate surface area is 58.1 Å². The topological polar surface area (TPSA) is 34.1 Å². The lowest BCUT2D eigenvalue weighted by Crippen LogP contribution is -2.23. The van der Waals surface area contributed by atoms with Crippen LogP contribution in [-0.2, 0) is 9.84 Å². The summed E-state index contributed by atoms with van der Waals surface area (Å²) in [6.45, 7) is 1.25. The number of rotatable bonds is 0. The Morgan fingerprint density at radius 3 is 2.10 bits per heavy atom. The molecule has 2 nitrogen and oxygen atoms in total. The van der Waals surface area contributed by atoms with Gasteiger partial charge in [-0.15, -0.1) is 0 Å². The van der Waals surface area contributed by atoms with Crippen LogP contribution < -0.4 is 0 Å². The highest BCUT2D eigenvalue weighted by atomic mass is 32.2. The van der Waals surface area contributed by atoms with Crippen LogP contribution in [0.3, 0.4) is 0 Å². The summed E-state index contributed by atoms with van der Waals surface area (Å²) in [6, 6.07) is 0. The first-order valence-corrected chi connectivity index (χ1v) is 4.74. The van der Waals surface area contributed by atoms with Crippen LogP contribution in [0.15, 0.2) is 0 Å². The van der Waals surface area contributed by atoms with Crippen LogP contribution in [0.5, 0.6) is 0 Å². The molecule has 10 heavy (non-hydrogen) atoms. The number of sulfone groups is 1. The van der Waals surface area contributed by atoms with Gasteiger partial charge in [0.25, 0.3) is 5.92 Å². The molecule has 1 heterocycles. The van der Waals surface area contributed by atoms with Crippen LogP contribution in [0.25, 0.3) is 0 Å². The number of hydrogen-bond donors (Lipinski definition) is 0. The molecule has 1 unspecified atom stereocenters. The summed E-state index contributed by atoms with van der Waals surface area (Å²) in [5.74, 6) is -5.36. The van der Waals surface area contributed by atoms with Crippen LogP contribution in [0, 0.1) is 5.92 Å². The van der Waals surface area contributed by atoms with Gasteiger partial charge in [0.1, 0.15) is 5.75 Å². The van der Waals surface area contributed by atoms with Crippen LogP contribution in [0.4, 0.5) is 8.78 Å². The van der Waals surface area contributed by atoms with E-state index >= 15 is 0 Å². The van der Waals surface area contributed by atoms with Crippen molar-refractivity contribution < 1.29 is 17.2 Å². The molecule has 1 fully saturated rings. The van der Waals surface area contributed by atoms with Gasteiger partial charge in [0, 0.05) is 5.92 Å². The Bertz CT molecular complexity index is 232. The van der Waals surface area contributed by atoms with Crippen molar-refractivity contribution >= 4 is 9.84 Å². The minimum Gasteiger partial charge on any atom is -0.229 e. The van der Waals surface area contributed by atoms with Crippen LogP contribution in [0.1, 0.15) is 6.92 Å². The standard InChI is InChI=1S/C5H8F2O2S/c1-4-2-10(8,9)3-5(4,6)7/h4H,2-3H2,1H3. The molecule has 0 spiro atoms. The molecule has 0 aromatic carbocycles. The SMILES string of the molecule is CC1CS(=O)(=O)CC1(F)F. The lowest BCUT2D eigenvalue weighted by atomic mass is 10.1. The summed E-state index contributed by atoms with van der Waals surface area (Å²) in [6.07, 6.45) is 0. The summed E-state index contributed by atoms with van der Waals surface area (Å²) in [4.78, 5) is 0. The van der Waals surface area contributed by atoms with E-state index < -0.39 is 27.4 Å². The number of hydrogen-bond acceptors (Lipinski definition) is 2. The molecule has 0 aliphatic carbocycles. The molecular weight excluding hydrogens is 162 g/mol. The largest absolute Gasteiger partial charge is 0.265 e. The maximum absolute atomic E-state index is 12.5. The molecule has 1 saturated heterocycles. The predicted octanol–water partition coefficient (Wildman–Crippen LogP) is 0.686. The molecule has 0 radical (unpaired) electrons. The molecule has 5 heteroatoms. The lowest BCUT2D eigenvalue weighted by Gasteiger charge is -2.10. The zero-order valence-corrected chi connectivity index (χ0v) is 6.29. The molecule has 60 valence electrons. The molecule has 1 aliphatic rings. The molecule has 1 atom stereocenters. The van der Waals surface area contributed by atoms with E-state index in [9.17, 15) is 17.2 Å². The maximum atomic E-state index is 12.5. The third kappa shape index (κ3) is 1.28. The van der Waals surface area contributed by atoms with Gasteiger partial charge in [-0.1, -0.05) is 6.92 Å². The van der Waals surface area contributed by atoms with E-state index in [1.807, 2.05) is 0 Å². The summed E-state index contributed by atoms with van der Waals surface area (Å²) in [5, 5.41) is 0. The summed E-state index contributed by atoms with van der Waals surface area (Å²) in [5.41, 5.74) is 0. The van der Waals surface area contributed by atoms with E-state index in [0.29, 0.717) is 0 Å². The van der Waals surface area contributed by atoms with E-state index in [4.69, 9.17) is 0 Å². The first kappa shape index (κ1) is 7.91. The quantitative estimate of drug-likeness (QED) is 0.536. The van der Waals surface area contributed by atoms with Gasteiger partial charge >= 0.3 is 0 Å². The fraction of sp³-hybridized carbons (Fsp3) is 1.00. The van der Waals surface area contributed by atoms with Gasteiger partial charge in [-0.25, -0.2) is 17.2 Å². The van der Waals surface area contributed by atoms with Gasteiger partial charge in [0.2, 0.25) is 0 Å².